The number of amides is 4. The monoisotopic (exact) mass is 445 g/mol. The first-order valence-electron chi connectivity index (χ1n) is 10.4. The predicted octanol–water partition coefficient (Wildman–Crippen LogP) is 1.89. The average molecular weight is 446 g/mol. The zero-order valence-electron chi connectivity index (χ0n) is 17.5. The van der Waals surface area contributed by atoms with Crippen LogP contribution >= 0.6 is 11.8 Å². The van der Waals surface area contributed by atoms with Gasteiger partial charge in [0, 0.05) is 25.7 Å². The number of nitrogens with one attached hydrogen (secondary N) is 2. The van der Waals surface area contributed by atoms with E-state index in [1.165, 1.54) is 11.8 Å². The van der Waals surface area contributed by atoms with Gasteiger partial charge in [-0.05, 0) is 31.4 Å². The molecule has 0 bridgehead atoms. The van der Waals surface area contributed by atoms with Crippen LogP contribution in [0.4, 0.5) is 4.79 Å². The lowest BCUT2D eigenvalue weighted by Crippen LogP contribution is -2.40. The van der Waals surface area contributed by atoms with Crippen LogP contribution in [0.15, 0.2) is 29.7 Å². The van der Waals surface area contributed by atoms with Crippen molar-refractivity contribution in [3.05, 3.63) is 30.4 Å². The highest BCUT2D eigenvalue weighted by molar-refractivity contribution is 7.99. The number of hydrogen-bond donors (Lipinski definition) is 2. The number of aromatic nitrogens is 4. The molecule has 0 saturated carbocycles. The van der Waals surface area contributed by atoms with Gasteiger partial charge >= 0.3 is 6.03 Å². The minimum absolute atomic E-state index is 0.000581. The summed E-state index contributed by atoms with van der Waals surface area (Å²) in [4.78, 5) is 42.2. The molecule has 0 spiro atoms. The standard InChI is InChI=1S/C20H27N7O3S/c1-2-9-22-19(30)23-17(28)14-31-20-25-24-16(27(20)15-7-6-10-21-12-15)13-26-11-5-3-4-8-18(26)29/h6-7,10,12H,2-5,8-9,11,13-14H2,1H3,(H2,22,23,28,30). The third kappa shape index (κ3) is 6.51. The third-order valence-electron chi connectivity index (χ3n) is 4.73. The first-order chi connectivity index (χ1) is 15.1. The summed E-state index contributed by atoms with van der Waals surface area (Å²) in [7, 11) is 0. The highest BCUT2D eigenvalue weighted by atomic mass is 32.2. The quantitative estimate of drug-likeness (QED) is 0.595. The van der Waals surface area contributed by atoms with Crippen LogP contribution in [-0.2, 0) is 16.1 Å². The Balaban J connectivity index is 1.74. The molecule has 0 aliphatic carbocycles. The lowest BCUT2D eigenvalue weighted by atomic mass is 10.2. The van der Waals surface area contributed by atoms with Crippen molar-refractivity contribution < 1.29 is 14.4 Å². The number of thioether (sulfide) groups is 1. The second-order valence-electron chi connectivity index (χ2n) is 7.16. The maximum atomic E-state index is 12.4. The first-order valence-corrected chi connectivity index (χ1v) is 11.4. The van der Waals surface area contributed by atoms with E-state index in [1.54, 1.807) is 23.0 Å². The normalized spacial score (nSPS) is 14.2. The molecule has 1 fully saturated rings. The third-order valence-corrected chi connectivity index (χ3v) is 5.66. The summed E-state index contributed by atoms with van der Waals surface area (Å²) in [6, 6.07) is 3.16. The number of nitrogens with zero attached hydrogens (tertiary/aromatic N) is 5. The summed E-state index contributed by atoms with van der Waals surface area (Å²) in [6.45, 7) is 3.46. The number of pyridine rings is 1. The van der Waals surface area contributed by atoms with Gasteiger partial charge in [0.2, 0.25) is 11.8 Å². The second-order valence-corrected chi connectivity index (χ2v) is 8.11. The van der Waals surface area contributed by atoms with E-state index in [4.69, 9.17) is 0 Å². The molecule has 3 rings (SSSR count). The van der Waals surface area contributed by atoms with Crippen molar-refractivity contribution >= 4 is 29.6 Å². The SMILES string of the molecule is CCCNC(=O)NC(=O)CSc1nnc(CN2CCCCCC2=O)n1-c1cccnc1. The van der Waals surface area contributed by atoms with E-state index in [0.29, 0.717) is 37.0 Å². The highest BCUT2D eigenvalue weighted by Crippen LogP contribution is 2.23. The van der Waals surface area contributed by atoms with Crippen molar-refractivity contribution in [2.24, 2.45) is 0 Å². The molecule has 2 aromatic heterocycles. The zero-order valence-corrected chi connectivity index (χ0v) is 18.4. The molecule has 2 aromatic rings. The summed E-state index contributed by atoms with van der Waals surface area (Å²) >= 11 is 1.17. The number of hydrogen-bond acceptors (Lipinski definition) is 7. The van der Waals surface area contributed by atoms with Crippen molar-refractivity contribution in [1.29, 1.82) is 0 Å². The topological polar surface area (TPSA) is 122 Å². The molecule has 166 valence electrons. The first kappa shape index (κ1) is 22.7. The molecule has 1 aliphatic heterocycles. The van der Waals surface area contributed by atoms with E-state index in [0.717, 1.165) is 31.4 Å². The van der Waals surface area contributed by atoms with Crippen LogP contribution in [0.2, 0.25) is 0 Å². The predicted molar refractivity (Wildman–Crippen MR) is 116 cm³/mol. The summed E-state index contributed by atoms with van der Waals surface area (Å²) in [6.07, 6.45) is 7.59. The van der Waals surface area contributed by atoms with E-state index in [9.17, 15) is 14.4 Å². The molecule has 10 nitrogen and oxygen atoms in total. The van der Waals surface area contributed by atoms with Gasteiger partial charge in [0.1, 0.15) is 0 Å². The summed E-state index contributed by atoms with van der Waals surface area (Å²) < 4.78 is 1.81. The molecule has 0 unspecified atom stereocenters. The van der Waals surface area contributed by atoms with Crippen LogP contribution in [0.25, 0.3) is 5.69 Å². The zero-order chi connectivity index (χ0) is 22.1. The van der Waals surface area contributed by atoms with E-state index >= 15 is 0 Å². The van der Waals surface area contributed by atoms with Gasteiger partial charge in [-0.3, -0.25) is 24.5 Å². The molecule has 0 atom stereocenters. The summed E-state index contributed by atoms with van der Waals surface area (Å²) in [5.41, 5.74) is 0.744. The molecule has 1 aliphatic rings. The number of urea groups is 1. The largest absolute Gasteiger partial charge is 0.338 e. The lowest BCUT2D eigenvalue weighted by Gasteiger charge is -2.20. The molecule has 11 heteroatoms. The Hall–Kier alpha value is -2.95. The van der Waals surface area contributed by atoms with Gasteiger partial charge in [-0.2, -0.15) is 0 Å². The minimum Gasteiger partial charge on any atom is -0.338 e. The van der Waals surface area contributed by atoms with Crippen LogP contribution < -0.4 is 10.6 Å². The van der Waals surface area contributed by atoms with Crippen molar-refractivity contribution in [1.82, 2.24) is 35.3 Å². The second kappa shape index (κ2) is 11.4. The number of carbonyl (C=O) groups is 3. The Morgan fingerprint density at radius 1 is 1.23 bits per heavy atom. The van der Waals surface area contributed by atoms with Gasteiger partial charge in [-0.25, -0.2) is 4.79 Å². The molecule has 0 aromatic carbocycles. The van der Waals surface area contributed by atoms with Crippen LogP contribution in [0.5, 0.6) is 0 Å². The van der Waals surface area contributed by atoms with Gasteiger partial charge in [-0.15, -0.1) is 10.2 Å². The fourth-order valence-corrected chi connectivity index (χ4v) is 3.96. The Kier molecular flexibility index (Phi) is 8.39. The lowest BCUT2D eigenvalue weighted by molar-refractivity contribution is -0.131. The van der Waals surface area contributed by atoms with Gasteiger partial charge in [0.05, 0.1) is 24.2 Å². The molecule has 0 radical (unpaired) electrons. The maximum Gasteiger partial charge on any atom is 0.321 e. The van der Waals surface area contributed by atoms with Gasteiger partial charge in [0.15, 0.2) is 11.0 Å². The minimum atomic E-state index is -0.512. The van der Waals surface area contributed by atoms with Crippen molar-refractivity contribution in [2.45, 2.75) is 50.7 Å². The molecular formula is C20H27N7O3S. The van der Waals surface area contributed by atoms with Crippen LogP contribution in [-0.4, -0.2) is 61.3 Å². The molecule has 2 N–H and O–H groups in total. The Morgan fingerprint density at radius 2 is 2.10 bits per heavy atom. The summed E-state index contributed by atoms with van der Waals surface area (Å²) in [5, 5.41) is 13.9. The Morgan fingerprint density at radius 3 is 2.87 bits per heavy atom. The van der Waals surface area contributed by atoms with E-state index in [-0.39, 0.29) is 11.7 Å². The van der Waals surface area contributed by atoms with Crippen LogP contribution in [0.3, 0.4) is 0 Å². The van der Waals surface area contributed by atoms with Gasteiger partial charge in [0.25, 0.3) is 0 Å². The number of rotatable bonds is 8. The number of likely N-dealkylation sites (tertiary alicyclic amines) is 1. The molecule has 3 heterocycles. The molecular weight excluding hydrogens is 418 g/mol. The van der Waals surface area contributed by atoms with Crippen molar-refractivity contribution in [2.75, 3.05) is 18.8 Å². The van der Waals surface area contributed by atoms with Crippen LogP contribution in [0, 0.1) is 0 Å². The maximum absolute atomic E-state index is 12.4. The number of carbonyl (C=O) groups excluding carboxylic acids is 3. The Bertz CT molecular complexity index is 903. The smallest absolute Gasteiger partial charge is 0.321 e. The average Bonchev–Trinajstić information content (AvgIpc) is 3.06. The van der Waals surface area contributed by atoms with Crippen LogP contribution in [0.1, 0.15) is 44.9 Å². The fraction of sp³-hybridized carbons (Fsp3) is 0.500. The van der Waals surface area contributed by atoms with E-state index in [2.05, 4.69) is 25.8 Å². The van der Waals surface area contributed by atoms with Gasteiger partial charge in [-0.1, -0.05) is 25.1 Å². The molecule has 4 amide bonds. The highest BCUT2D eigenvalue weighted by Gasteiger charge is 2.22. The molecule has 31 heavy (non-hydrogen) atoms. The summed E-state index contributed by atoms with van der Waals surface area (Å²) in [5.74, 6) is 0.293. The number of imide groups is 1. The van der Waals surface area contributed by atoms with E-state index < -0.39 is 11.9 Å². The molecule has 1 saturated heterocycles. The van der Waals surface area contributed by atoms with E-state index in [1.807, 2.05) is 17.9 Å². The fourth-order valence-electron chi connectivity index (χ4n) is 3.19. The van der Waals surface area contributed by atoms with Crippen molar-refractivity contribution in [3.8, 4) is 5.69 Å². The van der Waals surface area contributed by atoms with Gasteiger partial charge < -0.3 is 10.2 Å². The Labute approximate surface area is 185 Å². The van der Waals surface area contributed by atoms with Crippen molar-refractivity contribution in [3.63, 3.8) is 0 Å².